The molecule has 0 heterocycles. The number of hydrogen-bond donors (Lipinski definition) is 2. The first-order valence-corrected chi connectivity index (χ1v) is 11.1. The van der Waals surface area contributed by atoms with Gasteiger partial charge in [-0.1, -0.05) is 23.8 Å². The quantitative estimate of drug-likeness (QED) is 0.516. The zero-order valence-electron chi connectivity index (χ0n) is 17.2. The van der Waals surface area contributed by atoms with Crippen LogP contribution in [-0.2, 0) is 10.0 Å². The fourth-order valence-corrected chi connectivity index (χ4v) is 4.00. The van der Waals surface area contributed by atoms with Gasteiger partial charge in [0.15, 0.2) is 0 Å². The lowest BCUT2D eigenvalue weighted by Gasteiger charge is -2.14. The SMILES string of the molecule is Cc1ccc(S(=O)(=O)Nc2cccc(C(=O)NCCOc3ccc(F)cc3)c2C)cc1. The highest BCUT2D eigenvalue weighted by molar-refractivity contribution is 7.92. The molecule has 6 nitrogen and oxygen atoms in total. The molecule has 8 heteroatoms. The van der Waals surface area contributed by atoms with Crippen molar-refractivity contribution in [2.24, 2.45) is 0 Å². The Morgan fingerprint density at radius 3 is 2.32 bits per heavy atom. The van der Waals surface area contributed by atoms with Crippen LogP contribution in [0.3, 0.4) is 0 Å². The standard InChI is InChI=1S/C23H23FN2O4S/c1-16-6-12-20(13-7-16)31(28,29)26-22-5-3-4-21(17(22)2)23(27)25-14-15-30-19-10-8-18(24)9-11-19/h3-13,26H,14-15H2,1-2H3,(H,25,27). The first-order valence-electron chi connectivity index (χ1n) is 9.62. The van der Waals surface area contributed by atoms with E-state index < -0.39 is 10.0 Å². The van der Waals surface area contributed by atoms with Gasteiger partial charge in [-0.2, -0.15) is 0 Å². The molecule has 0 aliphatic carbocycles. The summed E-state index contributed by atoms with van der Waals surface area (Å²) in [5, 5.41) is 2.73. The van der Waals surface area contributed by atoms with Crippen LogP contribution in [0.4, 0.5) is 10.1 Å². The van der Waals surface area contributed by atoms with Crippen LogP contribution in [-0.4, -0.2) is 27.5 Å². The highest BCUT2D eigenvalue weighted by Gasteiger charge is 2.18. The number of rotatable bonds is 8. The molecule has 0 bridgehead atoms. The number of aryl methyl sites for hydroxylation is 1. The van der Waals surface area contributed by atoms with E-state index in [2.05, 4.69) is 10.0 Å². The molecular formula is C23H23FN2O4S. The van der Waals surface area contributed by atoms with Crippen molar-refractivity contribution in [3.63, 3.8) is 0 Å². The normalized spacial score (nSPS) is 11.1. The minimum atomic E-state index is -3.78. The third-order valence-electron chi connectivity index (χ3n) is 4.62. The number of anilines is 1. The molecule has 0 unspecified atom stereocenters. The molecule has 3 rings (SSSR count). The number of sulfonamides is 1. The second kappa shape index (κ2) is 9.61. The number of hydrogen-bond acceptors (Lipinski definition) is 4. The second-order valence-electron chi connectivity index (χ2n) is 6.95. The molecule has 162 valence electrons. The van der Waals surface area contributed by atoms with Crippen molar-refractivity contribution in [2.45, 2.75) is 18.7 Å². The maximum atomic E-state index is 12.9. The Labute approximate surface area is 181 Å². The fraction of sp³-hybridized carbons (Fsp3) is 0.174. The summed E-state index contributed by atoms with van der Waals surface area (Å²) in [5.41, 5.74) is 2.15. The molecule has 31 heavy (non-hydrogen) atoms. The summed E-state index contributed by atoms with van der Waals surface area (Å²) in [6.45, 7) is 3.99. The van der Waals surface area contributed by atoms with Crippen molar-refractivity contribution in [3.8, 4) is 5.75 Å². The lowest BCUT2D eigenvalue weighted by atomic mass is 10.1. The highest BCUT2D eigenvalue weighted by Crippen LogP contribution is 2.23. The van der Waals surface area contributed by atoms with Crippen molar-refractivity contribution in [3.05, 3.63) is 89.2 Å². The highest BCUT2D eigenvalue weighted by atomic mass is 32.2. The van der Waals surface area contributed by atoms with Gasteiger partial charge in [0.25, 0.3) is 15.9 Å². The van der Waals surface area contributed by atoms with Gasteiger partial charge in [-0.15, -0.1) is 0 Å². The molecular weight excluding hydrogens is 419 g/mol. The molecule has 0 radical (unpaired) electrons. The zero-order valence-corrected chi connectivity index (χ0v) is 18.0. The molecule has 0 aliphatic heterocycles. The third kappa shape index (κ3) is 5.82. The van der Waals surface area contributed by atoms with Gasteiger partial charge in [0, 0.05) is 5.56 Å². The van der Waals surface area contributed by atoms with Gasteiger partial charge in [0.1, 0.15) is 18.2 Å². The van der Waals surface area contributed by atoms with E-state index in [9.17, 15) is 17.6 Å². The summed E-state index contributed by atoms with van der Waals surface area (Å²) >= 11 is 0. The lowest BCUT2D eigenvalue weighted by molar-refractivity contribution is 0.0946. The van der Waals surface area contributed by atoms with E-state index in [1.807, 2.05) is 6.92 Å². The van der Waals surface area contributed by atoms with Crippen LogP contribution in [0.15, 0.2) is 71.6 Å². The number of carbonyl (C=O) groups is 1. The van der Waals surface area contributed by atoms with Crippen LogP contribution in [0, 0.1) is 19.7 Å². The molecule has 2 N–H and O–H groups in total. The zero-order chi connectivity index (χ0) is 22.4. The topological polar surface area (TPSA) is 84.5 Å². The summed E-state index contributed by atoms with van der Waals surface area (Å²) in [4.78, 5) is 12.7. The first-order chi connectivity index (χ1) is 14.8. The van der Waals surface area contributed by atoms with Crippen LogP contribution in [0.1, 0.15) is 21.5 Å². The summed E-state index contributed by atoms with van der Waals surface area (Å²) in [6, 6.07) is 16.9. The van der Waals surface area contributed by atoms with Crippen LogP contribution in [0.2, 0.25) is 0 Å². The third-order valence-corrected chi connectivity index (χ3v) is 6.01. The van der Waals surface area contributed by atoms with Crippen molar-refractivity contribution in [1.29, 1.82) is 0 Å². The summed E-state index contributed by atoms with van der Waals surface area (Å²) in [6.07, 6.45) is 0. The maximum absolute atomic E-state index is 12.9. The van der Waals surface area contributed by atoms with Gasteiger partial charge in [0.05, 0.1) is 17.1 Å². The smallest absolute Gasteiger partial charge is 0.261 e. The van der Waals surface area contributed by atoms with Gasteiger partial charge < -0.3 is 10.1 Å². The van der Waals surface area contributed by atoms with E-state index in [1.165, 1.54) is 36.4 Å². The lowest BCUT2D eigenvalue weighted by Crippen LogP contribution is -2.29. The molecule has 0 saturated heterocycles. The van der Waals surface area contributed by atoms with E-state index in [-0.39, 0.29) is 29.8 Å². The molecule has 0 atom stereocenters. The predicted octanol–water partition coefficient (Wildman–Crippen LogP) is 4.05. The fourth-order valence-electron chi connectivity index (χ4n) is 2.87. The number of amides is 1. The Hall–Kier alpha value is -3.39. The minimum absolute atomic E-state index is 0.144. The molecule has 0 fully saturated rings. The number of carbonyl (C=O) groups excluding carboxylic acids is 1. The van der Waals surface area contributed by atoms with Gasteiger partial charge in [0.2, 0.25) is 0 Å². The Bertz CT molecular complexity index is 1160. The summed E-state index contributed by atoms with van der Waals surface area (Å²) < 4.78 is 46.2. The van der Waals surface area contributed by atoms with Crippen LogP contribution >= 0.6 is 0 Å². The average molecular weight is 443 g/mol. The van der Waals surface area contributed by atoms with Crippen LogP contribution in [0.5, 0.6) is 5.75 Å². The Morgan fingerprint density at radius 1 is 0.968 bits per heavy atom. The largest absolute Gasteiger partial charge is 0.492 e. The minimum Gasteiger partial charge on any atom is -0.492 e. The van der Waals surface area contributed by atoms with Gasteiger partial charge in [-0.05, 0) is 67.9 Å². The van der Waals surface area contributed by atoms with Crippen molar-refractivity contribution in [2.75, 3.05) is 17.9 Å². The van der Waals surface area contributed by atoms with E-state index in [1.54, 1.807) is 37.3 Å². The van der Waals surface area contributed by atoms with E-state index in [0.29, 0.717) is 22.6 Å². The number of ether oxygens (including phenoxy) is 1. The molecule has 3 aromatic rings. The second-order valence-corrected chi connectivity index (χ2v) is 8.64. The number of halogens is 1. The van der Waals surface area contributed by atoms with E-state index in [4.69, 9.17) is 4.74 Å². The predicted molar refractivity (Wildman–Crippen MR) is 117 cm³/mol. The van der Waals surface area contributed by atoms with Crippen molar-refractivity contribution >= 4 is 21.6 Å². The molecule has 0 saturated carbocycles. The van der Waals surface area contributed by atoms with Crippen LogP contribution in [0.25, 0.3) is 0 Å². The Kier molecular flexibility index (Phi) is 6.91. The molecule has 1 amide bonds. The van der Waals surface area contributed by atoms with Gasteiger partial charge >= 0.3 is 0 Å². The van der Waals surface area contributed by atoms with E-state index in [0.717, 1.165) is 5.56 Å². The van der Waals surface area contributed by atoms with Crippen LogP contribution < -0.4 is 14.8 Å². The molecule has 0 spiro atoms. The van der Waals surface area contributed by atoms with Crippen molar-refractivity contribution in [1.82, 2.24) is 5.32 Å². The Balaban J connectivity index is 1.63. The number of nitrogens with one attached hydrogen (secondary N) is 2. The maximum Gasteiger partial charge on any atom is 0.261 e. The molecule has 0 aliphatic rings. The van der Waals surface area contributed by atoms with Gasteiger partial charge in [-0.3, -0.25) is 9.52 Å². The summed E-state index contributed by atoms with van der Waals surface area (Å²) in [5.74, 6) is -0.204. The van der Waals surface area contributed by atoms with Gasteiger partial charge in [-0.25, -0.2) is 12.8 Å². The van der Waals surface area contributed by atoms with E-state index >= 15 is 0 Å². The average Bonchev–Trinajstić information content (AvgIpc) is 2.74. The summed E-state index contributed by atoms with van der Waals surface area (Å²) in [7, 11) is -3.78. The Morgan fingerprint density at radius 2 is 1.65 bits per heavy atom. The molecule has 0 aromatic heterocycles. The molecule has 3 aromatic carbocycles. The monoisotopic (exact) mass is 442 g/mol. The number of benzene rings is 3. The first kappa shape index (κ1) is 22.3. The van der Waals surface area contributed by atoms with Crippen molar-refractivity contribution < 1.29 is 22.3 Å².